The van der Waals surface area contributed by atoms with E-state index in [4.69, 9.17) is 4.74 Å². The highest BCUT2D eigenvalue weighted by atomic mass is 32.2. The number of non-ortho nitro benzene ring substituents is 1. The summed E-state index contributed by atoms with van der Waals surface area (Å²) in [6.07, 6.45) is 0.920. The van der Waals surface area contributed by atoms with Crippen LogP contribution < -0.4 is 10.1 Å². The van der Waals surface area contributed by atoms with Gasteiger partial charge in [0.1, 0.15) is 11.6 Å². The molecule has 0 unspecified atom stereocenters. The Labute approximate surface area is 172 Å². The van der Waals surface area contributed by atoms with Crippen molar-refractivity contribution >= 4 is 27.3 Å². The molecule has 1 aliphatic rings. The molecule has 2 aromatic carbocycles. The number of ether oxygens (including phenoxy) is 1. The van der Waals surface area contributed by atoms with E-state index in [9.17, 15) is 27.7 Å². The lowest BCUT2D eigenvalue weighted by Crippen LogP contribution is -2.43. The molecule has 1 aliphatic heterocycles. The zero-order chi connectivity index (χ0) is 21.9. The maximum Gasteiger partial charge on any atom is 0.271 e. The predicted octanol–water partition coefficient (Wildman–Crippen LogP) is 2.78. The smallest absolute Gasteiger partial charge is 0.271 e. The van der Waals surface area contributed by atoms with Gasteiger partial charge >= 0.3 is 0 Å². The first-order chi connectivity index (χ1) is 14.2. The molecular formula is C19H20FN3O6S. The van der Waals surface area contributed by atoms with Gasteiger partial charge in [0.2, 0.25) is 15.9 Å². The minimum absolute atomic E-state index is 0.0506. The van der Waals surface area contributed by atoms with E-state index in [0.29, 0.717) is 12.8 Å². The van der Waals surface area contributed by atoms with Crippen molar-refractivity contribution in [2.24, 2.45) is 5.92 Å². The molecule has 1 N–H and O–H groups in total. The molecular weight excluding hydrogens is 417 g/mol. The molecule has 0 bridgehead atoms. The summed E-state index contributed by atoms with van der Waals surface area (Å²) in [5, 5.41) is 13.6. The van der Waals surface area contributed by atoms with Crippen molar-refractivity contribution in [1.82, 2.24) is 4.31 Å². The van der Waals surface area contributed by atoms with Crippen molar-refractivity contribution in [3.8, 4) is 5.75 Å². The second kappa shape index (κ2) is 8.76. The number of rotatable bonds is 6. The number of nitro benzene ring substituents is 1. The summed E-state index contributed by atoms with van der Waals surface area (Å²) in [5.74, 6) is -1.41. The van der Waals surface area contributed by atoms with Gasteiger partial charge in [-0.2, -0.15) is 4.31 Å². The monoisotopic (exact) mass is 437 g/mol. The summed E-state index contributed by atoms with van der Waals surface area (Å²) in [6.45, 7) is 0.187. The molecule has 1 fully saturated rings. The van der Waals surface area contributed by atoms with Crippen molar-refractivity contribution in [1.29, 1.82) is 0 Å². The molecule has 1 heterocycles. The number of nitro groups is 1. The van der Waals surface area contributed by atoms with Crippen LogP contribution in [-0.2, 0) is 14.8 Å². The Morgan fingerprint density at radius 2 is 1.97 bits per heavy atom. The highest BCUT2D eigenvalue weighted by molar-refractivity contribution is 7.89. The number of hydrogen-bond donors (Lipinski definition) is 1. The molecule has 30 heavy (non-hydrogen) atoms. The van der Waals surface area contributed by atoms with Crippen molar-refractivity contribution < 1.29 is 27.3 Å². The molecule has 0 radical (unpaired) electrons. The summed E-state index contributed by atoms with van der Waals surface area (Å²) in [5.41, 5.74) is -0.0783. The molecule has 9 nitrogen and oxygen atoms in total. The number of nitrogens with one attached hydrogen (secondary N) is 1. The van der Waals surface area contributed by atoms with Crippen molar-refractivity contribution in [2.45, 2.75) is 17.7 Å². The van der Waals surface area contributed by atoms with Gasteiger partial charge in [0, 0.05) is 25.2 Å². The standard InChI is InChI=1S/C19H20FN3O6S/c1-29-18-9-6-15(23(25)26)11-17(18)21-19(24)13-3-2-10-22(12-13)30(27,28)16-7-4-14(20)5-8-16/h4-9,11,13H,2-3,10,12H2,1H3,(H,21,24)/t13-/m1/s1. The third-order valence-electron chi connectivity index (χ3n) is 4.86. The molecule has 1 amide bonds. The molecule has 160 valence electrons. The lowest BCUT2D eigenvalue weighted by molar-refractivity contribution is -0.384. The number of nitrogens with zero attached hydrogens (tertiary/aromatic N) is 2. The Bertz CT molecular complexity index is 1060. The van der Waals surface area contributed by atoms with Gasteiger partial charge < -0.3 is 10.1 Å². The molecule has 1 atom stereocenters. The number of sulfonamides is 1. The first-order valence-electron chi connectivity index (χ1n) is 9.11. The SMILES string of the molecule is COc1ccc([N+](=O)[O-])cc1NC(=O)[C@@H]1CCCN(S(=O)(=O)c2ccc(F)cc2)C1. The zero-order valence-corrected chi connectivity index (χ0v) is 16.9. The Balaban J connectivity index is 1.77. The van der Waals surface area contributed by atoms with Crippen molar-refractivity contribution in [3.05, 3.63) is 58.4 Å². The highest BCUT2D eigenvalue weighted by Gasteiger charge is 2.33. The molecule has 3 rings (SSSR count). The number of halogens is 1. The van der Waals surface area contributed by atoms with Crippen LogP contribution in [0.4, 0.5) is 15.8 Å². The van der Waals surface area contributed by atoms with Gasteiger partial charge in [0.25, 0.3) is 5.69 Å². The largest absolute Gasteiger partial charge is 0.495 e. The maximum atomic E-state index is 13.1. The molecule has 0 aliphatic carbocycles. The Hall–Kier alpha value is -3.05. The average Bonchev–Trinajstić information content (AvgIpc) is 2.74. The molecule has 0 spiro atoms. The van der Waals surface area contributed by atoms with E-state index in [1.165, 1.54) is 41.7 Å². The highest BCUT2D eigenvalue weighted by Crippen LogP contribution is 2.31. The van der Waals surface area contributed by atoms with Crippen LogP contribution in [0.3, 0.4) is 0 Å². The maximum absolute atomic E-state index is 13.1. The molecule has 1 saturated heterocycles. The minimum Gasteiger partial charge on any atom is -0.495 e. The van der Waals surface area contributed by atoms with Crippen LogP contribution in [0.5, 0.6) is 5.75 Å². The van der Waals surface area contributed by atoms with E-state index in [0.717, 1.165) is 12.1 Å². The van der Waals surface area contributed by atoms with Crippen LogP contribution in [0, 0.1) is 21.8 Å². The first kappa shape index (κ1) is 21.7. The van der Waals surface area contributed by atoms with Crippen LogP contribution in [0.25, 0.3) is 0 Å². The number of carbonyl (C=O) groups excluding carboxylic acids is 1. The Kier molecular flexibility index (Phi) is 6.32. The second-order valence-electron chi connectivity index (χ2n) is 6.79. The van der Waals surface area contributed by atoms with Gasteiger partial charge in [0.05, 0.1) is 28.5 Å². The van der Waals surface area contributed by atoms with Gasteiger partial charge in [-0.15, -0.1) is 0 Å². The zero-order valence-electron chi connectivity index (χ0n) is 16.1. The predicted molar refractivity (Wildman–Crippen MR) is 106 cm³/mol. The van der Waals surface area contributed by atoms with Gasteiger partial charge in [-0.1, -0.05) is 0 Å². The van der Waals surface area contributed by atoms with Gasteiger partial charge in [-0.25, -0.2) is 12.8 Å². The fourth-order valence-electron chi connectivity index (χ4n) is 3.27. The number of amides is 1. The number of anilines is 1. The van der Waals surface area contributed by atoms with Crippen molar-refractivity contribution in [2.75, 3.05) is 25.5 Å². The van der Waals surface area contributed by atoms with Gasteiger partial charge in [-0.3, -0.25) is 14.9 Å². The summed E-state index contributed by atoms with van der Waals surface area (Å²) >= 11 is 0. The van der Waals surface area contributed by atoms with E-state index in [1.807, 2.05) is 0 Å². The minimum atomic E-state index is -3.88. The molecule has 2 aromatic rings. The summed E-state index contributed by atoms with van der Waals surface area (Å²) in [4.78, 5) is 23.1. The Morgan fingerprint density at radius 3 is 2.60 bits per heavy atom. The molecule has 0 aromatic heterocycles. The van der Waals surface area contributed by atoms with Crippen LogP contribution in [0.2, 0.25) is 0 Å². The number of carbonyl (C=O) groups is 1. The molecule has 11 heteroatoms. The van der Waals surface area contributed by atoms with Crippen LogP contribution in [0.1, 0.15) is 12.8 Å². The summed E-state index contributed by atoms with van der Waals surface area (Å²) in [6, 6.07) is 8.31. The number of hydrogen-bond acceptors (Lipinski definition) is 6. The van der Waals surface area contributed by atoms with E-state index in [2.05, 4.69) is 5.32 Å². The third kappa shape index (κ3) is 4.57. The first-order valence-corrected chi connectivity index (χ1v) is 10.6. The van der Waals surface area contributed by atoms with Crippen LogP contribution in [0.15, 0.2) is 47.4 Å². The van der Waals surface area contributed by atoms with E-state index >= 15 is 0 Å². The number of methoxy groups -OCH3 is 1. The van der Waals surface area contributed by atoms with Gasteiger partial charge in [0.15, 0.2) is 0 Å². The van der Waals surface area contributed by atoms with Crippen LogP contribution >= 0.6 is 0 Å². The number of benzene rings is 2. The lowest BCUT2D eigenvalue weighted by atomic mass is 9.98. The topological polar surface area (TPSA) is 119 Å². The van der Waals surface area contributed by atoms with E-state index in [-0.39, 0.29) is 35.1 Å². The normalized spacial score (nSPS) is 17.3. The van der Waals surface area contributed by atoms with E-state index in [1.54, 1.807) is 0 Å². The molecule has 0 saturated carbocycles. The number of piperidine rings is 1. The van der Waals surface area contributed by atoms with Crippen molar-refractivity contribution in [3.63, 3.8) is 0 Å². The third-order valence-corrected chi connectivity index (χ3v) is 6.74. The second-order valence-corrected chi connectivity index (χ2v) is 8.73. The van der Waals surface area contributed by atoms with Crippen LogP contribution in [-0.4, -0.2) is 43.8 Å². The average molecular weight is 437 g/mol. The fraction of sp³-hybridized carbons (Fsp3) is 0.316. The summed E-state index contributed by atoms with van der Waals surface area (Å²) < 4.78 is 45.1. The Morgan fingerprint density at radius 1 is 1.27 bits per heavy atom. The van der Waals surface area contributed by atoms with E-state index < -0.39 is 32.6 Å². The fourth-order valence-corrected chi connectivity index (χ4v) is 4.80. The quantitative estimate of drug-likeness (QED) is 0.548. The lowest BCUT2D eigenvalue weighted by Gasteiger charge is -2.31. The summed E-state index contributed by atoms with van der Waals surface area (Å²) in [7, 11) is -2.51. The van der Waals surface area contributed by atoms with Gasteiger partial charge in [-0.05, 0) is 43.2 Å².